The Morgan fingerprint density at radius 1 is 1.38 bits per heavy atom. The van der Waals surface area contributed by atoms with E-state index < -0.39 is 0 Å². The number of anilines is 1. The molecule has 0 saturated heterocycles. The summed E-state index contributed by atoms with van der Waals surface area (Å²) >= 11 is 0. The van der Waals surface area contributed by atoms with E-state index >= 15 is 0 Å². The number of hydrogen-bond donors (Lipinski definition) is 1. The highest BCUT2D eigenvalue weighted by Gasteiger charge is 2.05. The number of nitrogens with one attached hydrogen (secondary N) is 1. The Bertz CT molecular complexity index is 444. The molecule has 2 heteroatoms. The van der Waals surface area contributed by atoms with Gasteiger partial charge in [0.2, 0.25) is 0 Å². The highest BCUT2D eigenvalue weighted by molar-refractivity contribution is 6.05. The van der Waals surface area contributed by atoms with Gasteiger partial charge in [0.1, 0.15) is 0 Å². The van der Waals surface area contributed by atoms with Crippen LogP contribution in [-0.4, -0.2) is 5.91 Å². The predicted molar refractivity (Wildman–Crippen MR) is 68.5 cm³/mol. The Kier molecular flexibility index (Phi) is 4.06. The van der Waals surface area contributed by atoms with Crippen molar-refractivity contribution < 1.29 is 4.79 Å². The van der Waals surface area contributed by atoms with Crippen LogP contribution < -0.4 is 5.32 Å². The van der Waals surface area contributed by atoms with E-state index in [1.165, 1.54) is 5.56 Å². The van der Waals surface area contributed by atoms with Gasteiger partial charge in [-0.25, -0.2) is 0 Å². The summed E-state index contributed by atoms with van der Waals surface area (Å²) in [6.07, 6.45) is 3.49. The number of carbonyl (C=O) groups is 1. The van der Waals surface area contributed by atoms with E-state index in [9.17, 15) is 4.79 Å². The van der Waals surface area contributed by atoms with E-state index in [1.54, 1.807) is 12.2 Å². The number of aryl methyl sites for hydroxylation is 2. The van der Waals surface area contributed by atoms with Crippen molar-refractivity contribution in [2.75, 3.05) is 5.32 Å². The molecule has 0 unspecified atom stereocenters. The summed E-state index contributed by atoms with van der Waals surface area (Å²) in [5, 5.41) is 2.83. The Morgan fingerprint density at radius 3 is 2.62 bits per heavy atom. The molecular formula is C14H17NO. The molecule has 0 radical (unpaired) electrons. The molecule has 0 aliphatic heterocycles. The van der Waals surface area contributed by atoms with Gasteiger partial charge in [-0.2, -0.15) is 0 Å². The first-order valence-electron chi connectivity index (χ1n) is 5.25. The Morgan fingerprint density at radius 2 is 2.06 bits per heavy atom. The van der Waals surface area contributed by atoms with Gasteiger partial charge in [0.05, 0.1) is 0 Å². The van der Waals surface area contributed by atoms with Crippen LogP contribution in [0.5, 0.6) is 0 Å². The molecule has 0 heterocycles. The summed E-state index contributed by atoms with van der Waals surface area (Å²) in [6, 6.07) is 5.92. The smallest absolute Gasteiger partial charge is 0.255 e. The zero-order chi connectivity index (χ0) is 12.1. The van der Waals surface area contributed by atoms with Crippen LogP contribution in [0, 0.1) is 13.8 Å². The lowest BCUT2D eigenvalue weighted by Crippen LogP contribution is -2.13. The standard InChI is InChI=1S/C14H17NO/c1-5-6-11(3)14(16)15-13-8-7-10(2)9-12(13)4/h5-9H,3H2,1-2,4H3,(H,15,16)/b6-5-. The molecular weight excluding hydrogens is 198 g/mol. The minimum atomic E-state index is -0.162. The van der Waals surface area contributed by atoms with Crippen molar-refractivity contribution in [2.45, 2.75) is 20.8 Å². The van der Waals surface area contributed by atoms with Gasteiger partial charge in [0.15, 0.2) is 0 Å². The summed E-state index contributed by atoms with van der Waals surface area (Å²) in [6.45, 7) is 9.54. The minimum absolute atomic E-state index is 0.162. The molecule has 16 heavy (non-hydrogen) atoms. The summed E-state index contributed by atoms with van der Waals surface area (Å²) < 4.78 is 0. The zero-order valence-electron chi connectivity index (χ0n) is 10.0. The van der Waals surface area contributed by atoms with E-state index in [2.05, 4.69) is 11.9 Å². The van der Waals surface area contributed by atoms with Crippen molar-refractivity contribution in [1.82, 2.24) is 0 Å². The van der Waals surface area contributed by atoms with Crippen LogP contribution in [0.2, 0.25) is 0 Å². The van der Waals surface area contributed by atoms with Gasteiger partial charge >= 0.3 is 0 Å². The molecule has 1 rings (SSSR count). The van der Waals surface area contributed by atoms with Gasteiger partial charge in [-0.3, -0.25) is 4.79 Å². The van der Waals surface area contributed by atoms with Crippen molar-refractivity contribution >= 4 is 11.6 Å². The molecule has 0 bridgehead atoms. The number of amides is 1. The number of benzene rings is 1. The van der Waals surface area contributed by atoms with Gasteiger partial charge in [-0.1, -0.05) is 36.4 Å². The highest BCUT2D eigenvalue weighted by atomic mass is 16.1. The first-order chi connectivity index (χ1) is 7.54. The first kappa shape index (κ1) is 12.2. The van der Waals surface area contributed by atoms with Crippen LogP contribution in [0.15, 0.2) is 42.5 Å². The SMILES string of the molecule is C=C(/C=C\C)C(=O)Nc1ccc(C)cc1C. The van der Waals surface area contributed by atoms with Gasteiger partial charge < -0.3 is 5.32 Å². The summed E-state index contributed by atoms with van der Waals surface area (Å²) in [4.78, 5) is 11.7. The molecule has 1 aromatic carbocycles. The number of hydrogen-bond acceptors (Lipinski definition) is 1. The van der Waals surface area contributed by atoms with E-state index in [1.807, 2.05) is 39.0 Å². The molecule has 0 fully saturated rings. The molecule has 0 aromatic heterocycles. The zero-order valence-corrected chi connectivity index (χ0v) is 10.0. The van der Waals surface area contributed by atoms with Crippen LogP contribution in [0.1, 0.15) is 18.1 Å². The van der Waals surface area contributed by atoms with Crippen LogP contribution in [0.25, 0.3) is 0 Å². The van der Waals surface area contributed by atoms with Crippen LogP contribution in [0.3, 0.4) is 0 Å². The maximum absolute atomic E-state index is 11.7. The molecule has 0 saturated carbocycles. The van der Waals surface area contributed by atoms with Gasteiger partial charge in [0.25, 0.3) is 5.91 Å². The van der Waals surface area contributed by atoms with Crippen LogP contribution >= 0.6 is 0 Å². The maximum atomic E-state index is 11.7. The normalized spacial score (nSPS) is 10.4. The summed E-state index contributed by atoms with van der Waals surface area (Å²) in [7, 11) is 0. The fraction of sp³-hybridized carbons (Fsp3) is 0.214. The average Bonchev–Trinajstić information content (AvgIpc) is 2.22. The lowest BCUT2D eigenvalue weighted by atomic mass is 10.1. The fourth-order valence-corrected chi connectivity index (χ4v) is 1.43. The molecule has 2 nitrogen and oxygen atoms in total. The van der Waals surface area contributed by atoms with E-state index in [-0.39, 0.29) is 5.91 Å². The molecule has 84 valence electrons. The molecule has 0 aliphatic rings. The minimum Gasteiger partial charge on any atom is -0.322 e. The molecule has 1 aromatic rings. The summed E-state index contributed by atoms with van der Waals surface area (Å²) in [5.41, 5.74) is 3.54. The highest BCUT2D eigenvalue weighted by Crippen LogP contribution is 2.16. The number of allylic oxidation sites excluding steroid dienone is 1. The fourth-order valence-electron chi connectivity index (χ4n) is 1.43. The van der Waals surface area contributed by atoms with Crippen molar-refractivity contribution in [3.05, 3.63) is 53.6 Å². The quantitative estimate of drug-likeness (QED) is 0.608. The molecule has 0 spiro atoms. The van der Waals surface area contributed by atoms with Gasteiger partial charge in [-0.15, -0.1) is 0 Å². The Balaban J connectivity index is 2.81. The Labute approximate surface area is 96.7 Å². The topological polar surface area (TPSA) is 29.1 Å². The number of carbonyl (C=O) groups excluding carboxylic acids is 1. The van der Waals surface area contributed by atoms with E-state index in [0.717, 1.165) is 11.3 Å². The number of rotatable bonds is 3. The van der Waals surface area contributed by atoms with Crippen molar-refractivity contribution in [3.63, 3.8) is 0 Å². The molecule has 0 aliphatic carbocycles. The van der Waals surface area contributed by atoms with Crippen molar-refractivity contribution in [2.24, 2.45) is 0 Å². The second kappa shape index (κ2) is 5.31. The van der Waals surface area contributed by atoms with Gasteiger partial charge in [0, 0.05) is 11.3 Å². The van der Waals surface area contributed by atoms with E-state index in [0.29, 0.717) is 5.57 Å². The summed E-state index contributed by atoms with van der Waals surface area (Å²) in [5.74, 6) is -0.162. The molecule has 0 atom stereocenters. The third-order valence-electron chi connectivity index (χ3n) is 2.29. The lowest BCUT2D eigenvalue weighted by molar-refractivity contribution is -0.112. The van der Waals surface area contributed by atoms with Crippen molar-refractivity contribution in [1.29, 1.82) is 0 Å². The van der Waals surface area contributed by atoms with Gasteiger partial charge in [-0.05, 0) is 32.4 Å². The first-order valence-corrected chi connectivity index (χ1v) is 5.25. The van der Waals surface area contributed by atoms with E-state index in [4.69, 9.17) is 0 Å². The second-order valence-corrected chi connectivity index (χ2v) is 3.80. The molecule has 1 N–H and O–H groups in total. The lowest BCUT2D eigenvalue weighted by Gasteiger charge is -2.08. The largest absolute Gasteiger partial charge is 0.322 e. The predicted octanol–water partition coefficient (Wildman–Crippen LogP) is 3.37. The van der Waals surface area contributed by atoms with Crippen LogP contribution in [0.4, 0.5) is 5.69 Å². The Hall–Kier alpha value is -1.83. The third kappa shape index (κ3) is 3.09. The second-order valence-electron chi connectivity index (χ2n) is 3.80. The average molecular weight is 215 g/mol. The third-order valence-corrected chi connectivity index (χ3v) is 2.29. The maximum Gasteiger partial charge on any atom is 0.255 e. The monoisotopic (exact) mass is 215 g/mol. The van der Waals surface area contributed by atoms with Crippen LogP contribution in [-0.2, 0) is 4.79 Å². The molecule has 1 amide bonds. The van der Waals surface area contributed by atoms with Crippen molar-refractivity contribution in [3.8, 4) is 0 Å².